The van der Waals surface area contributed by atoms with Gasteiger partial charge in [0.1, 0.15) is 0 Å². The Kier molecular flexibility index (Phi) is 7.61. The Bertz CT molecular complexity index is 4320. The Balaban J connectivity index is 0.969. The third-order valence-electron chi connectivity index (χ3n) is 13.2. The highest BCUT2D eigenvalue weighted by Gasteiger charge is 2.21. The van der Waals surface area contributed by atoms with Crippen LogP contribution in [-0.4, -0.2) is 23.1 Å². The molecule has 0 aliphatic rings. The molecule has 304 valence electrons. The highest BCUT2D eigenvalue weighted by molar-refractivity contribution is 7.25. The van der Waals surface area contributed by atoms with E-state index in [0.29, 0.717) is 11.3 Å². The number of benzene rings is 9. The minimum absolute atomic E-state index is 0.272. The lowest BCUT2D eigenvalue weighted by Crippen LogP contribution is -2.13. The number of hydrogen-bond donors (Lipinski definition) is 0. The largest absolute Gasteiger partial charge is 0.309 e. The monoisotopic (exact) mass is 849 g/mol. The summed E-state index contributed by atoms with van der Waals surface area (Å²) in [6.45, 7) is 0. The van der Waals surface area contributed by atoms with Crippen LogP contribution in [0, 0.1) is 0 Å². The maximum Gasteiger partial charge on any atom is 0.282 e. The summed E-state index contributed by atoms with van der Waals surface area (Å²) in [4.78, 5) is 19.5. The molecule has 0 saturated heterocycles. The molecule has 0 N–H and O–H groups in total. The van der Waals surface area contributed by atoms with Crippen LogP contribution < -0.4 is 5.56 Å². The number of para-hydroxylation sites is 5. The predicted molar refractivity (Wildman–Crippen MR) is 271 cm³/mol. The number of thiophene rings is 1. The molecule has 0 bridgehead atoms. The summed E-state index contributed by atoms with van der Waals surface area (Å²) in [6, 6.07) is 73.0. The van der Waals surface area contributed by atoms with Gasteiger partial charge < -0.3 is 9.13 Å². The molecular weight excluding hydrogens is 815 g/mol. The van der Waals surface area contributed by atoms with Crippen LogP contribution in [0.4, 0.5) is 0 Å². The van der Waals surface area contributed by atoms with E-state index in [2.05, 4.69) is 218 Å². The Morgan fingerprint density at radius 1 is 0.385 bits per heavy atom. The van der Waals surface area contributed by atoms with E-state index in [-0.39, 0.29) is 5.56 Å². The third kappa shape index (κ3) is 5.27. The molecule has 0 atom stereocenters. The molecule has 6 nitrogen and oxygen atoms in total. The molecule has 0 radical (unpaired) electrons. The smallest absolute Gasteiger partial charge is 0.282 e. The van der Waals surface area contributed by atoms with Gasteiger partial charge in [0.05, 0.1) is 44.4 Å². The lowest BCUT2D eigenvalue weighted by molar-refractivity contribution is 1.04. The van der Waals surface area contributed by atoms with E-state index in [4.69, 9.17) is 4.98 Å². The van der Waals surface area contributed by atoms with E-state index in [9.17, 15) is 4.79 Å². The molecule has 0 saturated carbocycles. The summed E-state index contributed by atoms with van der Waals surface area (Å²) in [6.07, 6.45) is 1.99. The summed E-state index contributed by atoms with van der Waals surface area (Å²) in [7, 11) is 0. The Morgan fingerprint density at radius 3 is 1.57 bits per heavy atom. The minimum atomic E-state index is -0.272. The second kappa shape index (κ2) is 13.7. The molecule has 0 spiro atoms. The summed E-state index contributed by atoms with van der Waals surface area (Å²) < 4.78 is 11.3. The number of nitrogens with zero attached hydrogens (tertiary/aromatic N) is 5. The molecule has 14 aromatic rings. The summed E-state index contributed by atoms with van der Waals surface area (Å²) in [5.74, 6) is 0.581. The SMILES string of the molecule is O=c1nc2n(-c3cccc4sc5ccccc5c34)c3ccccc3n2cc1-c1ccc2c(c1)c1cc(-c3ccc4c(c3)c3ccccc3n4-c3ccccc3)ccc1n2-c1ccccc1. The molecule has 5 heterocycles. The van der Waals surface area contributed by atoms with E-state index in [1.165, 1.54) is 36.6 Å². The van der Waals surface area contributed by atoms with Crippen LogP contribution in [0.1, 0.15) is 0 Å². The average Bonchev–Trinajstić information content (AvgIpc) is 4.10. The molecule has 14 rings (SSSR count). The Morgan fingerprint density at radius 2 is 0.892 bits per heavy atom. The lowest BCUT2D eigenvalue weighted by atomic mass is 9.99. The van der Waals surface area contributed by atoms with Gasteiger partial charge in [-0.05, 0) is 114 Å². The van der Waals surface area contributed by atoms with Gasteiger partial charge in [-0.15, -0.1) is 11.3 Å². The van der Waals surface area contributed by atoms with E-state index < -0.39 is 0 Å². The van der Waals surface area contributed by atoms with Crippen molar-refractivity contribution < 1.29 is 0 Å². The molecule has 5 aromatic heterocycles. The molecule has 0 aliphatic carbocycles. The zero-order valence-corrected chi connectivity index (χ0v) is 35.6. The first kappa shape index (κ1) is 36.0. The lowest BCUT2D eigenvalue weighted by Gasteiger charge is -2.09. The fourth-order valence-electron chi connectivity index (χ4n) is 10.4. The van der Waals surface area contributed by atoms with E-state index in [0.717, 1.165) is 72.0 Å². The van der Waals surface area contributed by atoms with Gasteiger partial charge in [-0.25, -0.2) is 0 Å². The molecule has 65 heavy (non-hydrogen) atoms. The van der Waals surface area contributed by atoms with Gasteiger partial charge in [0.15, 0.2) is 0 Å². The van der Waals surface area contributed by atoms with E-state index >= 15 is 0 Å². The van der Waals surface area contributed by atoms with Gasteiger partial charge in [-0.1, -0.05) is 109 Å². The molecule has 9 aromatic carbocycles. The van der Waals surface area contributed by atoms with Crippen LogP contribution in [0.2, 0.25) is 0 Å². The first-order valence-corrected chi connectivity index (χ1v) is 22.6. The Hall–Kier alpha value is -8.52. The fourth-order valence-corrected chi connectivity index (χ4v) is 11.5. The maximum absolute atomic E-state index is 14.5. The van der Waals surface area contributed by atoms with Crippen molar-refractivity contribution in [2.75, 3.05) is 0 Å². The van der Waals surface area contributed by atoms with Crippen molar-refractivity contribution in [2.24, 2.45) is 0 Å². The van der Waals surface area contributed by atoms with Crippen LogP contribution in [-0.2, 0) is 0 Å². The van der Waals surface area contributed by atoms with Crippen LogP contribution in [0.3, 0.4) is 0 Å². The second-order valence-corrected chi connectivity index (χ2v) is 17.8. The summed E-state index contributed by atoms with van der Waals surface area (Å²) in [5, 5.41) is 6.95. The summed E-state index contributed by atoms with van der Waals surface area (Å²) >= 11 is 1.78. The Labute approximate surface area is 375 Å². The van der Waals surface area contributed by atoms with Gasteiger partial charge in [0.2, 0.25) is 5.78 Å². The summed E-state index contributed by atoms with van der Waals surface area (Å²) in [5.41, 5.74) is 13.0. The average molecular weight is 850 g/mol. The molecule has 0 unspecified atom stereocenters. The predicted octanol–water partition coefficient (Wildman–Crippen LogP) is 14.5. The van der Waals surface area contributed by atoms with Gasteiger partial charge in [-0.2, -0.15) is 4.98 Å². The third-order valence-corrected chi connectivity index (χ3v) is 14.4. The van der Waals surface area contributed by atoms with Crippen LogP contribution in [0.25, 0.3) is 120 Å². The molecule has 0 aliphatic heterocycles. The van der Waals surface area contributed by atoms with Crippen molar-refractivity contribution in [1.29, 1.82) is 0 Å². The second-order valence-electron chi connectivity index (χ2n) is 16.8. The van der Waals surface area contributed by atoms with Gasteiger partial charge in [0, 0.05) is 59.3 Å². The van der Waals surface area contributed by atoms with Crippen molar-refractivity contribution in [3.63, 3.8) is 0 Å². The maximum atomic E-state index is 14.5. The van der Waals surface area contributed by atoms with Crippen molar-refractivity contribution in [1.82, 2.24) is 23.1 Å². The van der Waals surface area contributed by atoms with Crippen molar-refractivity contribution >= 4 is 91.9 Å². The normalized spacial score (nSPS) is 12.1. The minimum Gasteiger partial charge on any atom is -0.309 e. The molecular formula is C58H35N5OS. The van der Waals surface area contributed by atoms with E-state index in [1.54, 1.807) is 11.3 Å². The number of hydrogen-bond acceptors (Lipinski definition) is 3. The van der Waals surface area contributed by atoms with Gasteiger partial charge >= 0.3 is 0 Å². The van der Waals surface area contributed by atoms with Crippen molar-refractivity contribution in [2.45, 2.75) is 0 Å². The van der Waals surface area contributed by atoms with Crippen LogP contribution in [0.5, 0.6) is 0 Å². The van der Waals surface area contributed by atoms with Gasteiger partial charge in [0.25, 0.3) is 5.56 Å². The van der Waals surface area contributed by atoms with Gasteiger partial charge in [-0.3, -0.25) is 13.8 Å². The molecule has 0 amide bonds. The first-order valence-electron chi connectivity index (χ1n) is 21.8. The van der Waals surface area contributed by atoms with Crippen molar-refractivity contribution in [3.05, 3.63) is 223 Å². The molecule has 7 heteroatoms. The highest BCUT2D eigenvalue weighted by atomic mass is 32.1. The number of rotatable bonds is 5. The van der Waals surface area contributed by atoms with Crippen molar-refractivity contribution in [3.8, 4) is 39.3 Å². The number of aromatic nitrogens is 5. The topological polar surface area (TPSA) is 49.2 Å². The molecule has 0 fully saturated rings. The zero-order chi connectivity index (χ0) is 42.8. The zero-order valence-electron chi connectivity index (χ0n) is 34.8. The quantitative estimate of drug-likeness (QED) is 0.173. The van der Waals surface area contributed by atoms with E-state index in [1.807, 2.05) is 12.3 Å². The number of imidazole rings is 1. The fraction of sp³-hybridized carbons (Fsp3) is 0. The standard InChI is InChI=1S/C58H35N5OS/c64-57-46(35-60-51-21-10-11-22-52(51)63(58(60)59-57)53-23-13-25-55-56(53)42-19-8-12-24-54(42)65-55)38-28-31-50-45(34-38)44-33-37(27-30-49(44)62(50)40-16-5-2-6-17-40)36-26-29-48-43(32-36)41-18-7-9-20-47(41)61(48)39-14-3-1-4-15-39/h1-35H. The van der Waals surface area contributed by atoms with Crippen LogP contribution in [0.15, 0.2) is 217 Å². The number of fused-ring (bicyclic) bond motifs is 12. The van der Waals surface area contributed by atoms with Crippen LogP contribution >= 0.6 is 11.3 Å². The highest BCUT2D eigenvalue weighted by Crippen LogP contribution is 2.41. The first-order chi connectivity index (χ1) is 32.2.